The van der Waals surface area contributed by atoms with Crippen LogP contribution in [0, 0.1) is 7.27 Å². The summed E-state index contributed by atoms with van der Waals surface area (Å²) in [4.78, 5) is 0. The fraction of sp³-hybridized carbons (Fsp3) is 0.417. The number of alkyl halides is 1. The Bertz CT molecular complexity index is 1110. The highest BCUT2D eigenvalue weighted by Crippen LogP contribution is 2.35. The highest BCUT2D eigenvalue weighted by molar-refractivity contribution is 14.1. The molecule has 2 aromatic carbocycles. The van der Waals surface area contributed by atoms with Gasteiger partial charge in [-0.25, -0.2) is 4.68 Å². The average molecular weight is 724 g/mol. The van der Waals surface area contributed by atoms with E-state index in [2.05, 4.69) is 52.8 Å². The van der Waals surface area contributed by atoms with E-state index in [1.54, 1.807) is 0 Å². The molecule has 0 amide bonds. The van der Waals surface area contributed by atoms with Gasteiger partial charge in [-0.1, -0.05) is 37.3 Å². The third-order valence-corrected chi connectivity index (χ3v) is 7.64. The maximum atomic E-state index is 10.3. The van der Waals surface area contributed by atoms with Gasteiger partial charge >= 0.3 is 0 Å². The largest absolute Gasteiger partial charge is 0.491 e. The lowest BCUT2D eigenvalue weighted by atomic mass is 9.78. The second-order valence-corrected chi connectivity index (χ2v) is 11.0. The van der Waals surface area contributed by atoms with Crippen molar-refractivity contribution < 1.29 is 24.8 Å². The van der Waals surface area contributed by atoms with Gasteiger partial charge in [0.15, 0.2) is 0 Å². The van der Waals surface area contributed by atoms with E-state index in [9.17, 15) is 15.3 Å². The summed E-state index contributed by atoms with van der Waals surface area (Å²) < 4.78 is 14.5. The lowest BCUT2D eigenvalue weighted by Crippen LogP contribution is -2.25. The Morgan fingerprint density at radius 2 is 1.71 bits per heavy atom. The molecule has 0 fully saturated rings. The zero-order chi connectivity index (χ0) is 25.6. The molecule has 8 nitrogen and oxygen atoms in total. The molecule has 0 bridgehead atoms. The highest BCUT2D eigenvalue weighted by atomic mass is 127. The van der Waals surface area contributed by atoms with Crippen LogP contribution >= 0.6 is 56.8 Å². The van der Waals surface area contributed by atoms with Crippen molar-refractivity contribution in [3.63, 3.8) is 0 Å². The van der Waals surface area contributed by atoms with Crippen LogP contribution in [0.25, 0.3) is 0 Å². The topological polar surface area (TPSA) is 110 Å². The van der Waals surface area contributed by atoms with Crippen molar-refractivity contribution in [2.75, 3.05) is 19.1 Å². The molecule has 0 aliphatic carbocycles. The summed E-state index contributed by atoms with van der Waals surface area (Å²) in [5, 5.41) is 37.2. The molecule has 1 aromatic heterocycles. The van der Waals surface area contributed by atoms with Crippen molar-refractivity contribution in [3.8, 4) is 11.5 Å². The van der Waals surface area contributed by atoms with Gasteiger partial charge in [0.1, 0.15) is 40.6 Å². The number of aromatic nitrogens is 3. The van der Waals surface area contributed by atoms with Gasteiger partial charge in [0.25, 0.3) is 0 Å². The number of nitrogens with zero attached hydrogens (tertiary/aromatic N) is 3. The lowest BCUT2D eigenvalue weighted by Gasteiger charge is -2.27. The van der Waals surface area contributed by atoms with E-state index in [4.69, 9.17) is 21.1 Å². The predicted molar refractivity (Wildman–Crippen MR) is 150 cm³/mol. The number of halogens is 3. The fourth-order valence-electron chi connectivity index (χ4n) is 3.42. The molecule has 0 saturated carbocycles. The molecule has 0 aliphatic heterocycles. The summed E-state index contributed by atoms with van der Waals surface area (Å²) in [5.74, 6) is 1.49. The summed E-state index contributed by atoms with van der Waals surface area (Å²) >= 11 is 9.86. The van der Waals surface area contributed by atoms with Crippen molar-refractivity contribution >= 4 is 56.8 Å². The Morgan fingerprint density at radius 1 is 1.06 bits per heavy atom. The molecule has 3 aromatic rings. The Hall–Kier alpha value is -1.19. The average Bonchev–Trinajstić information content (AvgIpc) is 3.20. The van der Waals surface area contributed by atoms with Crippen LogP contribution < -0.4 is 9.47 Å². The third kappa shape index (κ3) is 7.41. The van der Waals surface area contributed by atoms with Crippen LogP contribution in [-0.2, 0) is 18.6 Å². The zero-order valence-corrected chi connectivity index (χ0v) is 24.4. The van der Waals surface area contributed by atoms with E-state index in [0.717, 1.165) is 14.7 Å². The summed E-state index contributed by atoms with van der Waals surface area (Å²) in [7, 11) is 0. The highest BCUT2D eigenvalue weighted by Gasteiger charge is 2.24. The minimum atomic E-state index is -0.803. The fourth-order valence-corrected chi connectivity index (χ4v) is 4.73. The minimum Gasteiger partial charge on any atom is -0.491 e. The minimum absolute atomic E-state index is 0.0854. The summed E-state index contributed by atoms with van der Waals surface area (Å²) in [6.45, 7) is 4.52. The number of hydrogen-bond acceptors (Lipinski definition) is 7. The van der Waals surface area contributed by atoms with Gasteiger partial charge < -0.3 is 24.8 Å². The monoisotopic (exact) mass is 723 g/mol. The van der Waals surface area contributed by atoms with Crippen LogP contribution in [0.5, 0.6) is 11.5 Å². The van der Waals surface area contributed by atoms with E-state index < -0.39 is 12.2 Å². The van der Waals surface area contributed by atoms with E-state index in [1.165, 1.54) is 4.68 Å². The SMILES string of the molecule is CC(C)(c1ccc(OC[C@@H](O)Cn2nnc(I)c2CO)cc1)c1ccc(OC[C@H](O)CCl)c([123I])c1. The van der Waals surface area contributed by atoms with Crippen molar-refractivity contribution in [1.29, 1.82) is 0 Å². The maximum absolute atomic E-state index is 10.3. The van der Waals surface area contributed by atoms with Crippen LogP contribution in [0.1, 0.15) is 30.7 Å². The Morgan fingerprint density at radius 3 is 2.34 bits per heavy atom. The molecule has 0 aliphatic rings. The molecular formula is C24H28ClI2N3O5. The van der Waals surface area contributed by atoms with Gasteiger partial charge in [0.2, 0.25) is 0 Å². The molecular weight excluding hydrogens is 696 g/mol. The van der Waals surface area contributed by atoms with Crippen LogP contribution in [0.4, 0.5) is 0 Å². The van der Waals surface area contributed by atoms with E-state index >= 15 is 0 Å². The molecule has 190 valence electrons. The molecule has 11 heteroatoms. The van der Waals surface area contributed by atoms with Gasteiger partial charge in [0, 0.05) is 5.41 Å². The van der Waals surface area contributed by atoms with E-state index in [1.807, 2.05) is 59.0 Å². The number of benzene rings is 2. The number of aliphatic hydroxyl groups excluding tert-OH is 3. The summed E-state index contributed by atoms with van der Waals surface area (Å²) in [5.41, 5.74) is 2.53. The molecule has 0 spiro atoms. The summed E-state index contributed by atoms with van der Waals surface area (Å²) in [6.07, 6.45) is -1.50. The van der Waals surface area contributed by atoms with Crippen LogP contribution in [0.2, 0.25) is 0 Å². The first-order chi connectivity index (χ1) is 16.6. The van der Waals surface area contributed by atoms with Gasteiger partial charge in [0.05, 0.1) is 28.3 Å². The molecule has 1 heterocycles. The second-order valence-electron chi connectivity index (χ2n) is 8.55. The first-order valence-electron chi connectivity index (χ1n) is 10.9. The molecule has 0 radical (unpaired) electrons. The van der Waals surface area contributed by atoms with E-state index in [-0.39, 0.29) is 37.7 Å². The lowest BCUT2D eigenvalue weighted by molar-refractivity contribution is 0.0866. The molecule has 3 rings (SSSR count). The van der Waals surface area contributed by atoms with Gasteiger partial charge in [-0.2, -0.15) is 0 Å². The standard InChI is InChI=1S/C24H28ClI2N3O5/c1-24(2,16-5-8-22(20(26)9-16)35-13-17(32)10-25)15-3-6-19(7-4-15)34-14-18(33)11-30-21(12-31)23(27)28-29-30/h3-9,17-18,31-33H,10-14H2,1-2H3/t17-,18+/m1/s1/i26-4. The number of ether oxygens (including phenoxy) is 2. The normalized spacial score (nSPS) is 13.5. The van der Waals surface area contributed by atoms with Crippen molar-refractivity contribution in [1.82, 2.24) is 15.0 Å². The molecule has 2 atom stereocenters. The zero-order valence-electron chi connectivity index (χ0n) is 19.4. The maximum Gasteiger partial charge on any atom is 0.149 e. The van der Waals surface area contributed by atoms with Crippen LogP contribution in [0.3, 0.4) is 0 Å². The summed E-state index contributed by atoms with van der Waals surface area (Å²) in [6, 6.07) is 13.8. The predicted octanol–water partition coefficient (Wildman–Crippen LogP) is 3.72. The van der Waals surface area contributed by atoms with Crippen LogP contribution in [0.15, 0.2) is 42.5 Å². The Kier molecular flexibility index (Phi) is 10.4. The van der Waals surface area contributed by atoms with E-state index in [0.29, 0.717) is 20.9 Å². The third-order valence-electron chi connectivity index (χ3n) is 5.60. The molecule has 35 heavy (non-hydrogen) atoms. The van der Waals surface area contributed by atoms with Gasteiger partial charge in [-0.15, -0.1) is 16.7 Å². The molecule has 3 N–H and O–H groups in total. The van der Waals surface area contributed by atoms with Gasteiger partial charge in [-0.05, 0) is 80.6 Å². The van der Waals surface area contributed by atoms with Crippen molar-refractivity contribution in [2.24, 2.45) is 0 Å². The first kappa shape index (κ1) is 28.4. The smallest absolute Gasteiger partial charge is 0.149 e. The van der Waals surface area contributed by atoms with Crippen molar-refractivity contribution in [2.45, 2.75) is 44.6 Å². The second kappa shape index (κ2) is 12.9. The molecule has 0 unspecified atom stereocenters. The quantitative estimate of drug-likeness (QED) is 0.193. The van der Waals surface area contributed by atoms with Crippen LogP contribution in [-0.4, -0.2) is 61.6 Å². The number of aliphatic hydroxyl groups is 3. The first-order valence-corrected chi connectivity index (χ1v) is 13.6. The Labute approximate surface area is 236 Å². The number of hydrogen-bond donors (Lipinski definition) is 3. The van der Waals surface area contributed by atoms with Gasteiger partial charge in [-0.3, -0.25) is 0 Å². The van der Waals surface area contributed by atoms with Crippen molar-refractivity contribution in [3.05, 3.63) is 66.6 Å². The Balaban J connectivity index is 1.61. The number of rotatable bonds is 12. The molecule has 0 saturated heterocycles.